The highest BCUT2D eigenvalue weighted by molar-refractivity contribution is 5.98. The van der Waals surface area contributed by atoms with Crippen LogP contribution in [0.2, 0.25) is 0 Å². The van der Waals surface area contributed by atoms with Crippen molar-refractivity contribution in [2.45, 2.75) is 0 Å². The molecule has 0 aliphatic rings. The minimum Gasteiger partial charge on any atom is -0.334 e. The average molecular weight is 218 g/mol. The lowest BCUT2D eigenvalue weighted by Crippen LogP contribution is -2.27. The van der Waals surface area contributed by atoms with Gasteiger partial charge in [0.05, 0.1) is 17.5 Å². The third kappa shape index (κ3) is 1.71. The van der Waals surface area contributed by atoms with Crippen LogP contribution in [0.5, 0.6) is 0 Å². The second-order valence-electron chi connectivity index (χ2n) is 3.85. The summed E-state index contributed by atoms with van der Waals surface area (Å²) in [6.45, 7) is 0. The second kappa shape index (κ2) is 3.84. The van der Waals surface area contributed by atoms with Crippen LogP contribution in [0.4, 0.5) is 10.5 Å². The topological polar surface area (TPSA) is 50.2 Å². The molecule has 2 rings (SSSR count). The van der Waals surface area contributed by atoms with Gasteiger partial charge in [-0.05, 0) is 12.1 Å². The smallest absolute Gasteiger partial charge is 0.321 e. The first-order valence-electron chi connectivity index (χ1n) is 4.98. The van der Waals surface area contributed by atoms with Crippen LogP contribution in [-0.2, 0) is 7.05 Å². The molecule has 0 fully saturated rings. The van der Waals surface area contributed by atoms with E-state index in [4.69, 9.17) is 0 Å². The van der Waals surface area contributed by atoms with Crippen LogP contribution >= 0.6 is 0 Å². The summed E-state index contributed by atoms with van der Waals surface area (Å²) in [4.78, 5) is 17.3. The number of carbonyl (C=O) groups excluding carboxylic acids is 1. The SMILES string of the molecule is CN(C)C(=O)Nc1cccc2c1ncn2C. The lowest BCUT2D eigenvalue weighted by Gasteiger charge is -2.12. The molecule has 0 aliphatic carbocycles. The summed E-state index contributed by atoms with van der Waals surface area (Å²) in [5.74, 6) is 0. The Balaban J connectivity index is 2.41. The summed E-state index contributed by atoms with van der Waals surface area (Å²) in [6.07, 6.45) is 1.73. The van der Waals surface area contributed by atoms with Crippen LogP contribution in [-0.4, -0.2) is 34.6 Å². The van der Waals surface area contributed by atoms with Crippen LogP contribution < -0.4 is 5.32 Å². The fourth-order valence-corrected chi connectivity index (χ4v) is 1.49. The largest absolute Gasteiger partial charge is 0.334 e. The summed E-state index contributed by atoms with van der Waals surface area (Å²) in [7, 11) is 5.33. The first-order valence-corrected chi connectivity index (χ1v) is 4.98. The van der Waals surface area contributed by atoms with E-state index in [-0.39, 0.29) is 6.03 Å². The molecular weight excluding hydrogens is 204 g/mol. The Morgan fingerprint density at radius 1 is 1.44 bits per heavy atom. The van der Waals surface area contributed by atoms with Crippen LogP contribution in [0.25, 0.3) is 11.0 Å². The van der Waals surface area contributed by atoms with Gasteiger partial charge in [0.25, 0.3) is 0 Å². The number of rotatable bonds is 1. The normalized spacial score (nSPS) is 10.4. The fourth-order valence-electron chi connectivity index (χ4n) is 1.49. The minimum atomic E-state index is -0.154. The Morgan fingerprint density at radius 3 is 2.88 bits per heavy atom. The molecule has 0 saturated carbocycles. The van der Waals surface area contributed by atoms with Crippen molar-refractivity contribution in [1.29, 1.82) is 0 Å². The molecule has 0 spiro atoms. The van der Waals surface area contributed by atoms with Crippen molar-refractivity contribution in [1.82, 2.24) is 14.5 Å². The van der Waals surface area contributed by atoms with E-state index in [1.54, 1.807) is 20.4 Å². The van der Waals surface area contributed by atoms with E-state index in [0.29, 0.717) is 0 Å². The van der Waals surface area contributed by atoms with Gasteiger partial charge >= 0.3 is 6.03 Å². The molecule has 1 aromatic carbocycles. The van der Waals surface area contributed by atoms with Crippen molar-refractivity contribution in [2.75, 3.05) is 19.4 Å². The fraction of sp³-hybridized carbons (Fsp3) is 0.273. The van der Waals surface area contributed by atoms with E-state index in [2.05, 4.69) is 10.3 Å². The van der Waals surface area contributed by atoms with Crippen molar-refractivity contribution in [3.05, 3.63) is 24.5 Å². The summed E-state index contributed by atoms with van der Waals surface area (Å²) >= 11 is 0. The molecule has 2 aromatic rings. The van der Waals surface area contributed by atoms with Gasteiger partial charge in [-0.3, -0.25) is 0 Å². The standard InChI is InChI=1S/C11H14N4O/c1-14(2)11(16)13-8-5-4-6-9-10(8)12-7-15(9)3/h4-7H,1-3H3,(H,13,16). The number of anilines is 1. The first kappa shape index (κ1) is 10.5. The van der Waals surface area contributed by atoms with Gasteiger partial charge in [-0.1, -0.05) is 6.07 Å². The monoisotopic (exact) mass is 218 g/mol. The van der Waals surface area contributed by atoms with Crippen molar-refractivity contribution >= 4 is 22.8 Å². The predicted octanol–water partition coefficient (Wildman–Crippen LogP) is 1.67. The van der Waals surface area contributed by atoms with Gasteiger partial charge < -0.3 is 14.8 Å². The van der Waals surface area contributed by atoms with Crippen molar-refractivity contribution in [2.24, 2.45) is 7.05 Å². The zero-order chi connectivity index (χ0) is 11.7. The maximum atomic E-state index is 11.5. The number of hydrogen-bond acceptors (Lipinski definition) is 2. The molecule has 1 heterocycles. The van der Waals surface area contributed by atoms with Gasteiger partial charge in [-0.15, -0.1) is 0 Å². The number of carbonyl (C=O) groups is 1. The minimum absolute atomic E-state index is 0.154. The Morgan fingerprint density at radius 2 is 2.19 bits per heavy atom. The highest BCUT2D eigenvalue weighted by atomic mass is 16.2. The third-order valence-electron chi connectivity index (χ3n) is 2.40. The van der Waals surface area contributed by atoms with E-state index in [1.807, 2.05) is 29.8 Å². The molecule has 1 aromatic heterocycles. The lowest BCUT2D eigenvalue weighted by molar-refractivity contribution is 0.231. The van der Waals surface area contributed by atoms with E-state index < -0.39 is 0 Å². The number of amides is 2. The second-order valence-corrected chi connectivity index (χ2v) is 3.85. The molecule has 0 radical (unpaired) electrons. The van der Waals surface area contributed by atoms with Crippen LogP contribution in [0, 0.1) is 0 Å². The zero-order valence-corrected chi connectivity index (χ0v) is 9.56. The van der Waals surface area contributed by atoms with Crippen molar-refractivity contribution in [3.63, 3.8) is 0 Å². The third-order valence-corrected chi connectivity index (χ3v) is 2.40. The molecule has 84 valence electrons. The number of fused-ring (bicyclic) bond motifs is 1. The van der Waals surface area contributed by atoms with E-state index in [1.165, 1.54) is 4.90 Å². The van der Waals surface area contributed by atoms with E-state index >= 15 is 0 Å². The maximum Gasteiger partial charge on any atom is 0.321 e. The van der Waals surface area contributed by atoms with Gasteiger partial charge in [0.1, 0.15) is 5.52 Å². The van der Waals surface area contributed by atoms with E-state index in [9.17, 15) is 4.79 Å². The van der Waals surface area contributed by atoms with E-state index in [0.717, 1.165) is 16.7 Å². The molecule has 16 heavy (non-hydrogen) atoms. The summed E-state index contributed by atoms with van der Waals surface area (Å²) in [5.41, 5.74) is 2.54. The zero-order valence-electron chi connectivity index (χ0n) is 9.56. The number of para-hydroxylation sites is 1. The first-order chi connectivity index (χ1) is 7.59. The number of hydrogen-bond donors (Lipinski definition) is 1. The Bertz CT molecular complexity index is 530. The van der Waals surface area contributed by atoms with Gasteiger partial charge in [0.2, 0.25) is 0 Å². The Kier molecular flexibility index (Phi) is 2.52. The molecule has 0 aliphatic heterocycles. The van der Waals surface area contributed by atoms with Gasteiger partial charge in [0.15, 0.2) is 0 Å². The Hall–Kier alpha value is -2.04. The van der Waals surface area contributed by atoms with Crippen LogP contribution in [0.15, 0.2) is 24.5 Å². The van der Waals surface area contributed by atoms with Crippen molar-refractivity contribution in [3.8, 4) is 0 Å². The quantitative estimate of drug-likeness (QED) is 0.791. The number of aryl methyl sites for hydroxylation is 1. The summed E-state index contributed by atoms with van der Waals surface area (Å²) in [6, 6.07) is 5.55. The number of benzene rings is 1. The molecule has 1 N–H and O–H groups in total. The van der Waals surface area contributed by atoms with Crippen LogP contribution in [0.3, 0.4) is 0 Å². The predicted molar refractivity (Wildman–Crippen MR) is 63.4 cm³/mol. The molecule has 2 amide bonds. The highest BCUT2D eigenvalue weighted by Gasteiger charge is 2.09. The molecule has 5 nitrogen and oxygen atoms in total. The van der Waals surface area contributed by atoms with Crippen molar-refractivity contribution < 1.29 is 4.79 Å². The number of urea groups is 1. The average Bonchev–Trinajstić information content (AvgIpc) is 2.62. The highest BCUT2D eigenvalue weighted by Crippen LogP contribution is 2.21. The van der Waals surface area contributed by atoms with Gasteiger partial charge in [-0.2, -0.15) is 0 Å². The molecular formula is C11H14N4O. The lowest BCUT2D eigenvalue weighted by atomic mass is 10.2. The maximum absolute atomic E-state index is 11.5. The Labute approximate surface area is 93.7 Å². The number of nitrogens with zero attached hydrogens (tertiary/aromatic N) is 3. The van der Waals surface area contributed by atoms with Gasteiger partial charge in [0, 0.05) is 21.1 Å². The molecule has 0 atom stereocenters. The van der Waals surface area contributed by atoms with Crippen LogP contribution in [0.1, 0.15) is 0 Å². The number of nitrogens with one attached hydrogen (secondary N) is 1. The summed E-state index contributed by atoms with van der Waals surface area (Å²) < 4.78 is 1.92. The molecule has 0 bridgehead atoms. The number of imidazole rings is 1. The molecule has 5 heteroatoms. The summed E-state index contributed by atoms with van der Waals surface area (Å²) in [5, 5.41) is 2.81. The number of aromatic nitrogens is 2. The van der Waals surface area contributed by atoms with Gasteiger partial charge in [-0.25, -0.2) is 9.78 Å². The molecule has 0 saturated heterocycles. The molecule has 0 unspecified atom stereocenters.